The molecule has 86 valence electrons. The highest BCUT2D eigenvalue weighted by atomic mass is 32.1. The molecule has 0 spiro atoms. The number of thiazole rings is 1. The minimum absolute atomic E-state index is 0.740. The van der Waals surface area contributed by atoms with Gasteiger partial charge < -0.3 is 9.88 Å². The Morgan fingerprint density at radius 1 is 1.50 bits per heavy atom. The van der Waals surface area contributed by atoms with Gasteiger partial charge in [-0.05, 0) is 13.3 Å². The Labute approximate surface area is 99.4 Å². The molecule has 2 rings (SSSR count). The van der Waals surface area contributed by atoms with Crippen molar-refractivity contribution >= 4 is 17.3 Å². The lowest BCUT2D eigenvalue weighted by atomic mass is 10.4. The van der Waals surface area contributed by atoms with E-state index in [-0.39, 0.29) is 0 Å². The maximum atomic E-state index is 4.46. The van der Waals surface area contributed by atoms with Crippen LogP contribution >= 0.6 is 11.3 Å². The number of aryl methyl sites for hydroxylation is 2. The molecule has 0 aliphatic rings. The summed E-state index contributed by atoms with van der Waals surface area (Å²) in [5.74, 6) is 0.937. The molecule has 5 heteroatoms. The number of nitrogens with zero attached hydrogens (tertiary/aromatic N) is 3. The van der Waals surface area contributed by atoms with Crippen LogP contribution < -0.4 is 5.32 Å². The topological polar surface area (TPSA) is 42.7 Å². The molecular weight excluding hydrogens is 220 g/mol. The van der Waals surface area contributed by atoms with Crippen LogP contribution in [0.1, 0.15) is 24.7 Å². The molecule has 0 aliphatic carbocycles. The summed E-state index contributed by atoms with van der Waals surface area (Å²) in [6.07, 6.45) is 3.19. The Hall–Kier alpha value is -1.36. The lowest BCUT2D eigenvalue weighted by Crippen LogP contribution is -2.07. The van der Waals surface area contributed by atoms with Crippen LogP contribution in [0, 0.1) is 6.92 Å². The fourth-order valence-electron chi connectivity index (χ4n) is 1.59. The normalized spacial score (nSPS) is 10.6. The van der Waals surface area contributed by atoms with E-state index in [1.807, 2.05) is 17.8 Å². The molecule has 0 amide bonds. The second-order valence-corrected chi connectivity index (χ2v) is 4.45. The van der Waals surface area contributed by atoms with Crippen molar-refractivity contribution in [3.05, 3.63) is 28.5 Å². The van der Waals surface area contributed by atoms with Crippen molar-refractivity contribution in [3.63, 3.8) is 0 Å². The molecule has 2 aromatic heterocycles. The van der Waals surface area contributed by atoms with E-state index in [1.165, 1.54) is 0 Å². The highest BCUT2D eigenvalue weighted by Gasteiger charge is 2.04. The van der Waals surface area contributed by atoms with Crippen molar-refractivity contribution in [1.29, 1.82) is 0 Å². The Morgan fingerprint density at radius 2 is 2.38 bits per heavy atom. The SMILES string of the molecule is CCCn1cc(C)nc1NCc1cscn1. The summed E-state index contributed by atoms with van der Waals surface area (Å²) in [5.41, 5.74) is 3.96. The van der Waals surface area contributed by atoms with Gasteiger partial charge in [0, 0.05) is 18.1 Å². The van der Waals surface area contributed by atoms with Crippen molar-refractivity contribution in [2.45, 2.75) is 33.4 Å². The summed E-state index contributed by atoms with van der Waals surface area (Å²) in [4.78, 5) is 8.69. The number of rotatable bonds is 5. The number of nitrogens with one attached hydrogen (secondary N) is 1. The van der Waals surface area contributed by atoms with Crippen LogP contribution in [0.15, 0.2) is 17.1 Å². The van der Waals surface area contributed by atoms with E-state index < -0.39 is 0 Å². The number of hydrogen-bond acceptors (Lipinski definition) is 4. The van der Waals surface area contributed by atoms with Gasteiger partial charge >= 0.3 is 0 Å². The zero-order valence-electron chi connectivity index (χ0n) is 9.60. The smallest absolute Gasteiger partial charge is 0.203 e. The molecule has 4 nitrogen and oxygen atoms in total. The molecule has 16 heavy (non-hydrogen) atoms. The van der Waals surface area contributed by atoms with E-state index in [1.54, 1.807) is 11.3 Å². The van der Waals surface area contributed by atoms with Crippen LogP contribution in [0.3, 0.4) is 0 Å². The Morgan fingerprint density at radius 3 is 3.06 bits per heavy atom. The first-order chi connectivity index (χ1) is 7.79. The molecule has 0 unspecified atom stereocenters. The van der Waals surface area contributed by atoms with Gasteiger partial charge in [-0.2, -0.15) is 0 Å². The van der Waals surface area contributed by atoms with Crippen molar-refractivity contribution in [2.24, 2.45) is 0 Å². The van der Waals surface area contributed by atoms with Crippen molar-refractivity contribution in [1.82, 2.24) is 14.5 Å². The van der Waals surface area contributed by atoms with Crippen LogP contribution in [-0.4, -0.2) is 14.5 Å². The molecule has 0 saturated heterocycles. The highest BCUT2D eigenvalue weighted by Crippen LogP contribution is 2.11. The number of aromatic nitrogens is 3. The second-order valence-electron chi connectivity index (χ2n) is 3.73. The maximum absolute atomic E-state index is 4.46. The predicted octanol–water partition coefficient (Wildman–Crippen LogP) is 2.67. The zero-order chi connectivity index (χ0) is 11.4. The van der Waals surface area contributed by atoms with Gasteiger partial charge in [-0.3, -0.25) is 0 Å². The molecular formula is C11H16N4S. The van der Waals surface area contributed by atoms with Crippen LogP contribution in [0.2, 0.25) is 0 Å². The first-order valence-corrected chi connectivity index (χ1v) is 6.38. The van der Waals surface area contributed by atoms with Crippen LogP contribution in [-0.2, 0) is 13.1 Å². The third kappa shape index (κ3) is 2.61. The molecule has 0 fully saturated rings. The third-order valence-corrected chi connectivity index (χ3v) is 2.91. The molecule has 0 radical (unpaired) electrons. The van der Waals surface area contributed by atoms with Gasteiger partial charge in [0.2, 0.25) is 5.95 Å². The average molecular weight is 236 g/mol. The van der Waals surface area contributed by atoms with Crippen LogP contribution in [0.5, 0.6) is 0 Å². The van der Waals surface area contributed by atoms with Crippen LogP contribution in [0.25, 0.3) is 0 Å². The Balaban J connectivity index is 2.02. The van der Waals surface area contributed by atoms with E-state index in [4.69, 9.17) is 0 Å². The quantitative estimate of drug-likeness (QED) is 0.868. The van der Waals surface area contributed by atoms with Crippen LogP contribution in [0.4, 0.5) is 5.95 Å². The largest absolute Gasteiger partial charge is 0.350 e. The molecule has 1 N–H and O–H groups in total. The molecule has 0 atom stereocenters. The van der Waals surface area contributed by atoms with Gasteiger partial charge in [0.15, 0.2) is 0 Å². The minimum atomic E-state index is 0.740. The lowest BCUT2D eigenvalue weighted by Gasteiger charge is -2.07. The number of anilines is 1. The minimum Gasteiger partial charge on any atom is -0.350 e. The molecule has 0 saturated carbocycles. The molecule has 0 aromatic carbocycles. The van der Waals surface area contributed by atoms with Gasteiger partial charge in [-0.1, -0.05) is 6.92 Å². The fraction of sp³-hybridized carbons (Fsp3) is 0.455. The number of imidazole rings is 1. The summed E-state index contributed by atoms with van der Waals surface area (Å²) in [6.45, 7) is 5.92. The summed E-state index contributed by atoms with van der Waals surface area (Å²) in [7, 11) is 0. The van der Waals surface area contributed by atoms with Crippen molar-refractivity contribution < 1.29 is 0 Å². The first kappa shape index (κ1) is 11.1. The molecule has 0 aliphatic heterocycles. The summed E-state index contributed by atoms with van der Waals surface area (Å²) >= 11 is 1.62. The van der Waals surface area contributed by atoms with Gasteiger partial charge in [-0.25, -0.2) is 9.97 Å². The monoisotopic (exact) mass is 236 g/mol. The fourth-order valence-corrected chi connectivity index (χ4v) is 2.15. The first-order valence-electron chi connectivity index (χ1n) is 5.44. The summed E-state index contributed by atoms with van der Waals surface area (Å²) in [5, 5.41) is 5.37. The number of hydrogen-bond donors (Lipinski definition) is 1. The van der Waals surface area contributed by atoms with Gasteiger partial charge in [0.1, 0.15) is 0 Å². The predicted molar refractivity (Wildman–Crippen MR) is 66.7 cm³/mol. The van der Waals surface area contributed by atoms with Gasteiger partial charge in [0.25, 0.3) is 0 Å². The van der Waals surface area contributed by atoms with Crippen molar-refractivity contribution in [2.75, 3.05) is 5.32 Å². The molecule has 2 aromatic rings. The van der Waals surface area contributed by atoms with Gasteiger partial charge in [0.05, 0.1) is 23.4 Å². The average Bonchev–Trinajstić information content (AvgIpc) is 2.86. The summed E-state index contributed by atoms with van der Waals surface area (Å²) < 4.78 is 2.15. The standard InChI is InChI=1S/C11H16N4S/c1-3-4-15-6-9(2)14-11(15)12-5-10-7-16-8-13-10/h6-8H,3-5H2,1-2H3,(H,12,14). The van der Waals surface area contributed by atoms with E-state index in [2.05, 4.69) is 33.0 Å². The molecule has 2 heterocycles. The van der Waals surface area contributed by atoms with E-state index in [0.717, 1.165) is 36.8 Å². The second kappa shape index (κ2) is 5.12. The van der Waals surface area contributed by atoms with Crippen molar-refractivity contribution in [3.8, 4) is 0 Å². The van der Waals surface area contributed by atoms with E-state index >= 15 is 0 Å². The highest BCUT2D eigenvalue weighted by molar-refractivity contribution is 7.07. The van der Waals surface area contributed by atoms with Gasteiger partial charge in [-0.15, -0.1) is 11.3 Å². The Bertz CT molecular complexity index is 433. The summed E-state index contributed by atoms with van der Waals surface area (Å²) in [6, 6.07) is 0. The molecule has 0 bridgehead atoms. The van der Waals surface area contributed by atoms with E-state index in [0.29, 0.717) is 0 Å². The van der Waals surface area contributed by atoms with E-state index in [9.17, 15) is 0 Å². The third-order valence-electron chi connectivity index (χ3n) is 2.27. The lowest BCUT2D eigenvalue weighted by molar-refractivity contribution is 0.681. The maximum Gasteiger partial charge on any atom is 0.203 e. The Kier molecular flexibility index (Phi) is 3.56. The zero-order valence-corrected chi connectivity index (χ0v) is 10.4.